The number of nitrogens with zero attached hydrogens (tertiary/aromatic N) is 2. The van der Waals surface area contributed by atoms with E-state index in [1.807, 2.05) is 121 Å². The summed E-state index contributed by atoms with van der Waals surface area (Å²) in [5.74, 6) is -3.21. The first-order chi connectivity index (χ1) is 43.7. The van der Waals surface area contributed by atoms with Gasteiger partial charge >= 0.3 is 0 Å². The van der Waals surface area contributed by atoms with Crippen LogP contribution in [0.4, 0.5) is 0 Å². The number of nitrogens with one attached hydrogen (secondary N) is 8. The van der Waals surface area contributed by atoms with Gasteiger partial charge in [-0.15, -0.1) is 0 Å². The predicted molar refractivity (Wildman–Crippen MR) is 346 cm³/mol. The van der Waals surface area contributed by atoms with Gasteiger partial charge < -0.3 is 52.3 Å². The zero-order valence-electron chi connectivity index (χ0n) is 52.0. The Bertz CT molecular complexity index is 3170. The molecule has 0 aromatic heterocycles. The molecule has 8 amide bonds. The van der Waals surface area contributed by atoms with Gasteiger partial charge in [0.15, 0.2) is 0 Å². The maximum atomic E-state index is 15.1. The average Bonchev–Trinajstić information content (AvgIpc) is 3.89. The molecule has 4 fully saturated rings. The molecule has 0 bridgehead atoms. The monoisotopic (exact) mass is 1220 g/mol. The molecule has 10 rings (SSSR count). The van der Waals surface area contributed by atoms with Crippen molar-refractivity contribution >= 4 is 58.0 Å². The topological polar surface area (TPSA) is 239 Å². The standard InChI is InChI=1S/C72H86N10O8/c1-45(73-3)65(83)79-63(51-31-19-9-20-32-51)71(89)81-43-57(41-59(81)69(87)77-61(47-23-11-5-12-24-47)48-25-13-6-14-26-48)75-67(85)55-37-35-54-40-56(38-36-53(54)39-55)68(86)76-58-42-60(70(88)78-62(49-27-15-7-16-28-49)50-29-17-8-18-30-50)82(44-58)72(90)64(52-33-21-10-22-34-52)80-66(84)46(2)74-4/h5-8,11-18,23-30,35-40,45-46,51-52,57-64,73-74H,9-10,19-22,31-34,41-44H2,1-4H3,(H,75,85)(H,76,86)(H,77,87)(H,78,88)(H,79,83)(H,80,84)/t45-,46-,57-,58-,59-,60-,63-,64-/m0/s1. The Balaban J connectivity index is 0.868. The SMILES string of the molecule is CN[C@@H](C)C(=O)N[C@H](C(=O)N1C[C@@H](NC(=O)c2ccc3cc(C(=O)N[C@H]4C[C@@H](C(=O)NC(c5ccccc5)c5ccccc5)N(C(=O)[C@@H](NC(=O)[C@H](C)NC)C5CCCCC5)C4)ccc3c2)C[C@H]1C(=O)NC(c1ccccc1)c1ccccc1)C1CCCCC1. The lowest BCUT2D eigenvalue weighted by atomic mass is 9.83. The van der Waals surface area contributed by atoms with Gasteiger partial charge in [-0.05, 0) is 136 Å². The van der Waals surface area contributed by atoms with Crippen molar-refractivity contribution in [2.75, 3.05) is 27.2 Å². The van der Waals surface area contributed by atoms with Gasteiger partial charge in [-0.2, -0.15) is 0 Å². The molecule has 2 heterocycles. The molecule has 0 unspecified atom stereocenters. The quantitative estimate of drug-likeness (QED) is 0.0335. The lowest BCUT2D eigenvalue weighted by molar-refractivity contribution is -0.143. The number of rotatable bonds is 22. The number of fused-ring (bicyclic) bond motifs is 1. The van der Waals surface area contributed by atoms with Crippen LogP contribution in [0.5, 0.6) is 0 Å². The van der Waals surface area contributed by atoms with Crippen molar-refractivity contribution in [3.05, 3.63) is 191 Å². The Hall–Kier alpha value is -8.74. The highest BCUT2D eigenvalue weighted by Gasteiger charge is 2.47. The van der Waals surface area contributed by atoms with Crippen molar-refractivity contribution in [1.82, 2.24) is 52.3 Å². The number of amides is 8. The van der Waals surface area contributed by atoms with Crippen LogP contribution < -0.4 is 42.5 Å². The summed E-state index contributed by atoms with van der Waals surface area (Å²) < 4.78 is 0. The van der Waals surface area contributed by atoms with Crippen molar-refractivity contribution < 1.29 is 38.4 Å². The molecule has 18 heteroatoms. The van der Waals surface area contributed by atoms with Crippen LogP contribution in [0.25, 0.3) is 10.8 Å². The molecule has 2 saturated heterocycles. The summed E-state index contributed by atoms with van der Waals surface area (Å²) >= 11 is 0. The van der Waals surface area contributed by atoms with E-state index >= 15 is 9.59 Å². The third kappa shape index (κ3) is 15.4. The summed E-state index contributed by atoms with van der Waals surface area (Å²) in [7, 11) is 3.38. The highest BCUT2D eigenvalue weighted by molar-refractivity contribution is 6.03. The number of likely N-dealkylation sites (N-methyl/N-ethyl adjacent to an activating group) is 2. The molecule has 18 nitrogen and oxygen atoms in total. The number of likely N-dealkylation sites (tertiary alicyclic amines) is 2. The highest BCUT2D eigenvalue weighted by atomic mass is 16.2. The van der Waals surface area contributed by atoms with Gasteiger partial charge in [-0.1, -0.05) is 172 Å². The third-order valence-corrected chi connectivity index (χ3v) is 18.9. The Morgan fingerprint density at radius 1 is 0.411 bits per heavy atom. The van der Waals surface area contributed by atoms with E-state index in [0.717, 1.165) is 86.5 Å². The molecule has 8 N–H and O–H groups in total. The number of carbonyl (C=O) groups is 8. The van der Waals surface area contributed by atoms with Crippen LogP contribution in [0, 0.1) is 11.8 Å². The second kappa shape index (κ2) is 30.2. The van der Waals surface area contributed by atoms with Crippen LogP contribution in [0.1, 0.15) is 146 Å². The molecule has 2 aliphatic carbocycles. The number of hydrogen-bond acceptors (Lipinski definition) is 10. The molecule has 4 aliphatic rings. The first-order valence-electron chi connectivity index (χ1n) is 32.2. The molecule has 472 valence electrons. The van der Waals surface area contributed by atoms with E-state index in [1.165, 1.54) is 0 Å². The molecule has 2 aliphatic heterocycles. The first-order valence-corrected chi connectivity index (χ1v) is 32.2. The summed E-state index contributed by atoms with van der Waals surface area (Å²) in [5.41, 5.74) is 4.10. The lowest BCUT2D eigenvalue weighted by Crippen LogP contribution is -2.58. The molecule has 8 atom stereocenters. The predicted octanol–water partition coefficient (Wildman–Crippen LogP) is 7.40. The van der Waals surface area contributed by atoms with Crippen LogP contribution >= 0.6 is 0 Å². The minimum absolute atomic E-state index is 0.0323. The van der Waals surface area contributed by atoms with Crippen LogP contribution in [0.3, 0.4) is 0 Å². The maximum absolute atomic E-state index is 15.1. The van der Waals surface area contributed by atoms with Gasteiger partial charge in [0.05, 0.1) is 24.2 Å². The van der Waals surface area contributed by atoms with Crippen molar-refractivity contribution in [1.29, 1.82) is 0 Å². The molecule has 6 aromatic rings. The van der Waals surface area contributed by atoms with E-state index in [-0.39, 0.29) is 73.2 Å². The number of carbonyl (C=O) groups excluding carboxylic acids is 8. The van der Waals surface area contributed by atoms with Crippen LogP contribution in [-0.2, 0) is 28.8 Å². The molecule has 2 saturated carbocycles. The molecule has 6 aromatic carbocycles. The Labute approximate surface area is 527 Å². The molecular formula is C72H86N10O8. The van der Waals surface area contributed by atoms with Gasteiger partial charge in [-0.25, -0.2) is 0 Å². The van der Waals surface area contributed by atoms with E-state index in [2.05, 4.69) is 42.5 Å². The molecule has 90 heavy (non-hydrogen) atoms. The largest absolute Gasteiger partial charge is 0.347 e. The van der Waals surface area contributed by atoms with E-state index in [9.17, 15) is 28.8 Å². The van der Waals surface area contributed by atoms with Crippen molar-refractivity contribution in [3.63, 3.8) is 0 Å². The lowest BCUT2D eigenvalue weighted by Gasteiger charge is -2.35. The van der Waals surface area contributed by atoms with E-state index in [1.54, 1.807) is 74.1 Å². The highest BCUT2D eigenvalue weighted by Crippen LogP contribution is 2.34. The minimum Gasteiger partial charge on any atom is -0.347 e. The first kappa shape index (κ1) is 64.3. The number of benzene rings is 6. The molecule has 0 radical (unpaired) electrons. The molecular weight excluding hydrogens is 1130 g/mol. The van der Waals surface area contributed by atoms with Crippen molar-refractivity contribution in [2.24, 2.45) is 11.8 Å². The van der Waals surface area contributed by atoms with Gasteiger partial charge in [0.25, 0.3) is 11.8 Å². The summed E-state index contributed by atoms with van der Waals surface area (Å²) in [5, 5.41) is 26.2. The number of hydrogen-bond donors (Lipinski definition) is 8. The normalized spacial score (nSPS) is 20.2. The second-order valence-electron chi connectivity index (χ2n) is 24.9. The average molecular weight is 1220 g/mol. The maximum Gasteiger partial charge on any atom is 0.251 e. The van der Waals surface area contributed by atoms with Crippen LogP contribution in [0.2, 0.25) is 0 Å². The van der Waals surface area contributed by atoms with Crippen molar-refractivity contribution in [2.45, 2.75) is 151 Å². The van der Waals surface area contributed by atoms with Gasteiger partial charge in [0, 0.05) is 36.3 Å². The smallest absolute Gasteiger partial charge is 0.251 e. The Morgan fingerprint density at radius 3 is 1.04 bits per heavy atom. The van der Waals surface area contributed by atoms with E-state index in [0.29, 0.717) is 21.9 Å². The zero-order valence-corrected chi connectivity index (χ0v) is 52.0. The van der Waals surface area contributed by atoms with Gasteiger partial charge in [0.2, 0.25) is 35.4 Å². The zero-order chi connectivity index (χ0) is 63.3. The van der Waals surface area contributed by atoms with Crippen LogP contribution in [-0.4, -0.2) is 133 Å². The summed E-state index contributed by atoms with van der Waals surface area (Å²) in [6.45, 7) is 3.54. The fourth-order valence-electron chi connectivity index (χ4n) is 13.6. The fraction of sp³-hybridized carbons (Fsp3) is 0.417. The third-order valence-electron chi connectivity index (χ3n) is 18.9. The van der Waals surface area contributed by atoms with Crippen LogP contribution in [0.15, 0.2) is 158 Å². The van der Waals surface area contributed by atoms with E-state index in [4.69, 9.17) is 0 Å². The summed E-state index contributed by atoms with van der Waals surface area (Å²) in [6.07, 6.45) is 9.01. The second-order valence-corrected chi connectivity index (χ2v) is 24.9. The summed E-state index contributed by atoms with van der Waals surface area (Å²) in [6, 6.07) is 41.7. The Morgan fingerprint density at radius 2 is 0.733 bits per heavy atom. The van der Waals surface area contributed by atoms with Gasteiger partial charge in [-0.3, -0.25) is 38.4 Å². The minimum atomic E-state index is -0.982. The van der Waals surface area contributed by atoms with Gasteiger partial charge in [0.1, 0.15) is 24.2 Å². The van der Waals surface area contributed by atoms with Crippen molar-refractivity contribution in [3.8, 4) is 0 Å². The Kier molecular flexibility index (Phi) is 21.5. The summed E-state index contributed by atoms with van der Waals surface area (Å²) in [4.78, 5) is 119. The fourth-order valence-corrected chi connectivity index (χ4v) is 13.6. The molecule has 0 spiro atoms. The van der Waals surface area contributed by atoms with E-state index < -0.39 is 72.2 Å².